The van der Waals surface area contributed by atoms with Gasteiger partial charge in [-0.1, -0.05) is 0 Å². The molecule has 0 saturated carbocycles. The Bertz CT molecular complexity index is 124. The van der Waals surface area contributed by atoms with Crippen LogP contribution in [0.1, 0.15) is 25.7 Å². The second-order valence-corrected chi connectivity index (χ2v) is 2.77. The van der Waals surface area contributed by atoms with E-state index in [4.69, 9.17) is 5.11 Å². The van der Waals surface area contributed by atoms with E-state index in [9.17, 15) is 4.79 Å². The zero-order valence-corrected chi connectivity index (χ0v) is 7.76. The Kier molecular flexibility index (Phi) is 6.70. The fourth-order valence-electron chi connectivity index (χ4n) is 1.06. The van der Waals surface area contributed by atoms with Crippen LogP contribution in [0.25, 0.3) is 0 Å². The van der Waals surface area contributed by atoms with Gasteiger partial charge in [-0.3, -0.25) is 4.79 Å². The van der Waals surface area contributed by atoms with Crippen molar-refractivity contribution in [2.75, 3.05) is 14.1 Å². The first-order valence-electron chi connectivity index (χ1n) is 4.27. The molecular formula is C8H18N2O2. The van der Waals surface area contributed by atoms with E-state index in [-0.39, 0.29) is 6.42 Å². The summed E-state index contributed by atoms with van der Waals surface area (Å²) in [5.74, 6) is -0.708. The van der Waals surface area contributed by atoms with Gasteiger partial charge in [0.15, 0.2) is 0 Å². The van der Waals surface area contributed by atoms with Gasteiger partial charge in [0.05, 0.1) is 6.17 Å². The minimum absolute atomic E-state index is 0.278. The summed E-state index contributed by atoms with van der Waals surface area (Å²) in [6.07, 6.45) is 3.26. The molecule has 3 N–H and O–H groups in total. The molecule has 0 amide bonds. The minimum Gasteiger partial charge on any atom is -0.481 e. The summed E-state index contributed by atoms with van der Waals surface area (Å²) in [5.41, 5.74) is 0. The Morgan fingerprint density at radius 2 is 1.92 bits per heavy atom. The molecule has 0 radical (unpaired) electrons. The van der Waals surface area contributed by atoms with Gasteiger partial charge in [-0.15, -0.1) is 0 Å². The fourth-order valence-corrected chi connectivity index (χ4v) is 1.06. The summed E-state index contributed by atoms with van der Waals surface area (Å²) in [4.78, 5) is 10.2. The Labute approximate surface area is 73.3 Å². The largest absolute Gasteiger partial charge is 0.481 e. The van der Waals surface area contributed by atoms with Crippen LogP contribution in [0.2, 0.25) is 0 Å². The number of carbonyl (C=O) groups is 1. The number of carboxylic acids is 1. The van der Waals surface area contributed by atoms with Crippen molar-refractivity contribution in [3.05, 3.63) is 0 Å². The number of carboxylic acid groups (broad SMARTS) is 1. The summed E-state index contributed by atoms with van der Waals surface area (Å²) >= 11 is 0. The highest BCUT2D eigenvalue weighted by Crippen LogP contribution is 2.01. The molecule has 0 spiro atoms. The molecule has 0 bridgehead atoms. The number of hydrogen-bond donors (Lipinski definition) is 3. The van der Waals surface area contributed by atoms with Crippen LogP contribution in [0.3, 0.4) is 0 Å². The van der Waals surface area contributed by atoms with Crippen molar-refractivity contribution < 1.29 is 9.90 Å². The van der Waals surface area contributed by atoms with Crippen LogP contribution in [0, 0.1) is 0 Å². The minimum atomic E-state index is -0.708. The van der Waals surface area contributed by atoms with E-state index in [0.29, 0.717) is 6.17 Å². The van der Waals surface area contributed by atoms with E-state index in [0.717, 1.165) is 19.3 Å². The van der Waals surface area contributed by atoms with Gasteiger partial charge in [-0.05, 0) is 33.4 Å². The van der Waals surface area contributed by atoms with Gasteiger partial charge in [0.25, 0.3) is 0 Å². The quantitative estimate of drug-likeness (QED) is 0.386. The van der Waals surface area contributed by atoms with Gasteiger partial charge < -0.3 is 15.7 Å². The molecule has 0 aromatic carbocycles. The van der Waals surface area contributed by atoms with Crippen LogP contribution in [-0.4, -0.2) is 31.3 Å². The third kappa shape index (κ3) is 6.12. The second-order valence-electron chi connectivity index (χ2n) is 2.77. The van der Waals surface area contributed by atoms with Crippen molar-refractivity contribution in [1.82, 2.24) is 10.6 Å². The van der Waals surface area contributed by atoms with E-state index >= 15 is 0 Å². The second kappa shape index (κ2) is 7.06. The summed E-state index contributed by atoms with van der Waals surface area (Å²) in [6.45, 7) is 0. The lowest BCUT2D eigenvalue weighted by atomic mass is 10.1. The topological polar surface area (TPSA) is 61.4 Å². The van der Waals surface area contributed by atoms with Crippen LogP contribution in [-0.2, 0) is 4.79 Å². The van der Waals surface area contributed by atoms with Crippen molar-refractivity contribution in [3.63, 3.8) is 0 Å². The standard InChI is InChI=1S/C8H18N2O2/c1-9-7(10-2)5-3-4-6-8(11)12/h7,9-10H,3-6H2,1-2H3,(H,11,12). The third-order valence-corrected chi connectivity index (χ3v) is 1.83. The number of hydrogen-bond acceptors (Lipinski definition) is 3. The fraction of sp³-hybridized carbons (Fsp3) is 0.875. The molecule has 4 nitrogen and oxygen atoms in total. The van der Waals surface area contributed by atoms with Crippen molar-refractivity contribution in [2.24, 2.45) is 0 Å². The zero-order valence-electron chi connectivity index (χ0n) is 7.76. The molecule has 0 aromatic rings. The molecule has 0 aliphatic heterocycles. The third-order valence-electron chi connectivity index (χ3n) is 1.83. The number of rotatable bonds is 7. The first-order chi connectivity index (χ1) is 5.70. The average molecular weight is 174 g/mol. The van der Waals surface area contributed by atoms with Gasteiger partial charge in [-0.25, -0.2) is 0 Å². The molecule has 0 aliphatic carbocycles. The normalized spacial score (nSPS) is 10.6. The maximum absolute atomic E-state index is 10.2. The molecule has 0 aliphatic rings. The summed E-state index contributed by atoms with van der Waals surface area (Å²) in [5, 5.41) is 14.5. The van der Waals surface area contributed by atoms with Crippen LogP contribution in [0.5, 0.6) is 0 Å². The zero-order chi connectivity index (χ0) is 9.40. The van der Waals surface area contributed by atoms with E-state index in [2.05, 4.69) is 10.6 Å². The first kappa shape index (κ1) is 11.4. The van der Waals surface area contributed by atoms with E-state index in [1.807, 2.05) is 14.1 Å². The smallest absolute Gasteiger partial charge is 0.303 e. The molecule has 0 unspecified atom stereocenters. The monoisotopic (exact) mass is 174 g/mol. The highest BCUT2D eigenvalue weighted by atomic mass is 16.4. The lowest BCUT2D eigenvalue weighted by Gasteiger charge is -2.13. The molecule has 0 atom stereocenters. The van der Waals surface area contributed by atoms with Gasteiger partial charge in [0, 0.05) is 6.42 Å². The van der Waals surface area contributed by atoms with Crippen LogP contribution in [0.4, 0.5) is 0 Å². The average Bonchev–Trinajstić information content (AvgIpc) is 2.04. The SMILES string of the molecule is CNC(CCCCC(=O)O)NC. The van der Waals surface area contributed by atoms with E-state index in [1.165, 1.54) is 0 Å². The molecule has 4 heteroatoms. The molecule has 0 saturated heterocycles. The van der Waals surface area contributed by atoms with Crippen molar-refractivity contribution in [1.29, 1.82) is 0 Å². The highest BCUT2D eigenvalue weighted by molar-refractivity contribution is 5.66. The van der Waals surface area contributed by atoms with Crippen molar-refractivity contribution in [2.45, 2.75) is 31.8 Å². The molecule has 0 rings (SSSR count). The molecule has 0 aromatic heterocycles. The summed E-state index contributed by atoms with van der Waals surface area (Å²) in [7, 11) is 3.77. The number of nitrogens with one attached hydrogen (secondary N) is 2. The predicted octanol–water partition coefficient (Wildman–Crippen LogP) is 0.396. The van der Waals surface area contributed by atoms with E-state index in [1.54, 1.807) is 0 Å². The molecule has 0 heterocycles. The molecular weight excluding hydrogens is 156 g/mol. The predicted molar refractivity (Wildman–Crippen MR) is 48.0 cm³/mol. The Morgan fingerprint density at radius 1 is 1.33 bits per heavy atom. The maximum atomic E-state index is 10.2. The van der Waals surface area contributed by atoms with Gasteiger partial charge in [-0.2, -0.15) is 0 Å². The van der Waals surface area contributed by atoms with Gasteiger partial charge in [0.1, 0.15) is 0 Å². The summed E-state index contributed by atoms with van der Waals surface area (Å²) in [6, 6.07) is 0. The lowest BCUT2D eigenvalue weighted by Crippen LogP contribution is -2.37. The molecule has 72 valence electrons. The molecule has 12 heavy (non-hydrogen) atoms. The van der Waals surface area contributed by atoms with Gasteiger partial charge >= 0.3 is 5.97 Å². The van der Waals surface area contributed by atoms with Crippen molar-refractivity contribution >= 4 is 5.97 Å². The van der Waals surface area contributed by atoms with Crippen LogP contribution >= 0.6 is 0 Å². The number of aliphatic carboxylic acids is 1. The molecule has 0 fully saturated rings. The Hall–Kier alpha value is -0.610. The number of unbranched alkanes of at least 4 members (excludes halogenated alkanes) is 1. The lowest BCUT2D eigenvalue weighted by molar-refractivity contribution is -0.137. The first-order valence-corrected chi connectivity index (χ1v) is 4.27. The Morgan fingerprint density at radius 3 is 2.33 bits per heavy atom. The van der Waals surface area contributed by atoms with Crippen LogP contribution < -0.4 is 10.6 Å². The van der Waals surface area contributed by atoms with Crippen molar-refractivity contribution in [3.8, 4) is 0 Å². The van der Waals surface area contributed by atoms with E-state index < -0.39 is 5.97 Å². The van der Waals surface area contributed by atoms with Crippen LogP contribution in [0.15, 0.2) is 0 Å². The van der Waals surface area contributed by atoms with Gasteiger partial charge in [0.2, 0.25) is 0 Å². The Balaban J connectivity index is 3.23. The maximum Gasteiger partial charge on any atom is 0.303 e. The summed E-state index contributed by atoms with van der Waals surface area (Å²) < 4.78 is 0. The highest BCUT2D eigenvalue weighted by Gasteiger charge is 2.02.